The van der Waals surface area contributed by atoms with E-state index >= 15 is 0 Å². The Balaban J connectivity index is 2.08. The minimum absolute atomic E-state index is 0.000425. The van der Waals surface area contributed by atoms with Crippen LogP contribution in [0, 0.1) is 0 Å². The zero-order valence-electron chi connectivity index (χ0n) is 12.0. The zero-order chi connectivity index (χ0) is 15.1. The highest BCUT2D eigenvalue weighted by Gasteiger charge is 2.12. The molecule has 0 aliphatic carbocycles. The van der Waals surface area contributed by atoms with Gasteiger partial charge < -0.3 is 10.2 Å². The Kier molecular flexibility index (Phi) is 2.99. The standard InChI is InChI=1S/C18H16N2O2/c21-11-13-9-19(17-7-3-1-5-15(13)17)20-10-14(12-22)16-6-2-4-8-18(16)20/h1-10,21-22H,11-12H2. The van der Waals surface area contributed by atoms with Crippen LogP contribution in [0.25, 0.3) is 21.8 Å². The van der Waals surface area contributed by atoms with Crippen molar-refractivity contribution in [3.63, 3.8) is 0 Å². The second kappa shape index (κ2) is 5.02. The SMILES string of the molecule is OCc1cn(-n2cc(CO)c3ccccc32)c2ccccc12. The lowest BCUT2D eigenvalue weighted by molar-refractivity contribution is 0.282. The normalized spacial score (nSPS) is 11.5. The smallest absolute Gasteiger partial charge is 0.0706 e. The number of nitrogens with zero attached hydrogens (tertiary/aromatic N) is 2. The first-order chi connectivity index (χ1) is 10.8. The van der Waals surface area contributed by atoms with Crippen LogP contribution in [0.1, 0.15) is 11.1 Å². The van der Waals surface area contributed by atoms with Crippen molar-refractivity contribution in [1.29, 1.82) is 0 Å². The number of rotatable bonds is 3. The number of aliphatic hydroxyl groups excluding tert-OH is 2. The van der Waals surface area contributed by atoms with E-state index in [1.165, 1.54) is 0 Å². The molecule has 0 amide bonds. The van der Waals surface area contributed by atoms with E-state index in [9.17, 15) is 10.2 Å². The van der Waals surface area contributed by atoms with Crippen LogP contribution in [0.2, 0.25) is 0 Å². The number of benzene rings is 2. The van der Waals surface area contributed by atoms with E-state index in [2.05, 4.69) is 0 Å². The molecule has 0 aliphatic heterocycles. The monoisotopic (exact) mass is 292 g/mol. The van der Waals surface area contributed by atoms with Gasteiger partial charge in [-0.25, -0.2) is 0 Å². The Hall–Kier alpha value is -2.56. The van der Waals surface area contributed by atoms with Gasteiger partial charge in [0.25, 0.3) is 0 Å². The van der Waals surface area contributed by atoms with Gasteiger partial charge in [-0.05, 0) is 12.1 Å². The van der Waals surface area contributed by atoms with Gasteiger partial charge in [0, 0.05) is 34.3 Å². The van der Waals surface area contributed by atoms with Crippen LogP contribution >= 0.6 is 0 Å². The van der Waals surface area contributed by atoms with Gasteiger partial charge >= 0.3 is 0 Å². The minimum Gasteiger partial charge on any atom is -0.392 e. The maximum atomic E-state index is 9.60. The molecule has 110 valence electrons. The summed E-state index contributed by atoms with van der Waals surface area (Å²) in [5.41, 5.74) is 3.83. The van der Waals surface area contributed by atoms with Crippen molar-refractivity contribution in [2.75, 3.05) is 0 Å². The zero-order valence-corrected chi connectivity index (χ0v) is 12.0. The van der Waals surface area contributed by atoms with Crippen molar-refractivity contribution in [2.24, 2.45) is 0 Å². The van der Waals surface area contributed by atoms with Gasteiger partial charge in [-0.3, -0.25) is 9.35 Å². The topological polar surface area (TPSA) is 50.3 Å². The molecule has 4 rings (SSSR count). The summed E-state index contributed by atoms with van der Waals surface area (Å²) in [5, 5.41) is 21.3. The molecule has 2 N–H and O–H groups in total. The van der Waals surface area contributed by atoms with Gasteiger partial charge in [-0.1, -0.05) is 36.4 Å². The number of hydrogen-bond donors (Lipinski definition) is 2. The van der Waals surface area contributed by atoms with Crippen LogP contribution in [0.15, 0.2) is 60.9 Å². The Morgan fingerprint density at radius 3 is 1.45 bits per heavy atom. The van der Waals surface area contributed by atoms with Gasteiger partial charge in [0.2, 0.25) is 0 Å². The molecule has 4 aromatic rings. The second-order valence-corrected chi connectivity index (χ2v) is 5.35. The Bertz CT molecular complexity index is 886. The molecule has 0 unspecified atom stereocenters. The Morgan fingerprint density at radius 1 is 0.636 bits per heavy atom. The van der Waals surface area contributed by atoms with E-state index in [1.54, 1.807) is 0 Å². The number of aliphatic hydroxyl groups is 2. The lowest BCUT2D eigenvalue weighted by Gasteiger charge is -2.08. The highest BCUT2D eigenvalue weighted by atomic mass is 16.3. The van der Waals surface area contributed by atoms with E-state index in [4.69, 9.17) is 0 Å². The van der Waals surface area contributed by atoms with Crippen LogP contribution in [-0.4, -0.2) is 19.6 Å². The highest BCUT2D eigenvalue weighted by molar-refractivity contribution is 5.87. The van der Waals surface area contributed by atoms with Crippen molar-refractivity contribution < 1.29 is 10.2 Å². The molecule has 2 aromatic heterocycles. The second-order valence-electron chi connectivity index (χ2n) is 5.35. The average Bonchev–Trinajstić information content (AvgIpc) is 3.13. The van der Waals surface area contributed by atoms with Gasteiger partial charge in [0.1, 0.15) is 0 Å². The van der Waals surface area contributed by atoms with E-state index in [-0.39, 0.29) is 13.2 Å². The van der Waals surface area contributed by atoms with Crippen LogP contribution in [0.3, 0.4) is 0 Å². The van der Waals surface area contributed by atoms with Crippen molar-refractivity contribution in [3.8, 4) is 0 Å². The first kappa shape index (κ1) is 13.1. The fraction of sp³-hybridized carbons (Fsp3) is 0.111. The summed E-state index contributed by atoms with van der Waals surface area (Å²) in [6, 6.07) is 16.0. The van der Waals surface area contributed by atoms with Gasteiger partial charge in [-0.2, -0.15) is 0 Å². The predicted octanol–water partition coefficient (Wildman–Crippen LogP) is 2.89. The minimum atomic E-state index is -0.000425. The van der Waals surface area contributed by atoms with Crippen molar-refractivity contribution in [3.05, 3.63) is 72.1 Å². The third kappa shape index (κ3) is 1.78. The van der Waals surface area contributed by atoms with Crippen LogP contribution < -0.4 is 0 Å². The van der Waals surface area contributed by atoms with E-state index < -0.39 is 0 Å². The van der Waals surface area contributed by atoms with Crippen molar-refractivity contribution in [1.82, 2.24) is 9.35 Å². The number of hydrogen-bond acceptors (Lipinski definition) is 2. The first-order valence-corrected chi connectivity index (χ1v) is 7.24. The summed E-state index contributed by atoms with van der Waals surface area (Å²) in [4.78, 5) is 0. The summed E-state index contributed by atoms with van der Waals surface area (Å²) in [7, 11) is 0. The summed E-state index contributed by atoms with van der Waals surface area (Å²) in [5.74, 6) is 0. The fourth-order valence-electron chi connectivity index (χ4n) is 3.07. The van der Waals surface area contributed by atoms with Gasteiger partial charge in [0.15, 0.2) is 0 Å². The molecule has 0 atom stereocenters. The molecule has 0 fully saturated rings. The summed E-state index contributed by atoms with van der Waals surface area (Å²) in [6.45, 7) is -0.000850. The molecule has 4 heteroatoms. The molecule has 0 aliphatic rings. The van der Waals surface area contributed by atoms with E-state index in [0.717, 1.165) is 32.9 Å². The lowest BCUT2D eigenvalue weighted by Crippen LogP contribution is -2.05. The molecule has 2 heterocycles. The summed E-state index contributed by atoms with van der Waals surface area (Å²) >= 11 is 0. The maximum Gasteiger partial charge on any atom is 0.0706 e. The van der Waals surface area contributed by atoms with E-state index in [0.29, 0.717) is 0 Å². The average molecular weight is 292 g/mol. The van der Waals surface area contributed by atoms with Gasteiger partial charge in [-0.15, -0.1) is 0 Å². The fourth-order valence-corrected chi connectivity index (χ4v) is 3.07. The molecule has 0 bridgehead atoms. The van der Waals surface area contributed by atoms with E-state index in [1.807, 2.05) is 70.3 Å². The summed E-state index contributed by atoms with van der Waals surface area (Å²) < 4.78 is 4.03. The van der Waals surface area contributed by atoms with Crippen molar-refractivity contribution >= 4 is 21.8 Å². The van der Waals surface area contributed by atoms with Crippen molar-refractivity contribution in [2.45, 2.75) is 13.2 Å². The highest BCUT2D eigenvalue weighted by Crippen LogP contribution is 2.26. The number of aromatic nitrogens is 2. The Morgan fingerprint density at radius 2 is 1.05 bits per heavy atom. The maximum absolute atomic E-state index is 9.60. The van der Waals surface area contributed by atoms with Crippen LogP contribution in [0.5, 0.6) is 0 Å². The quantitative estimate of drug-likeness (QED) is 0.610. The molecule has 2 aromatic carbocycles. The molecule has 0 saturated carbocycles. The summed E-state index contributed by atoms with van der Waals surface area (Å²) in [6.07, 6.45) is 3.89. The third-order valence-electron chi connectivity index (χ3n) is 4.12. The molecule has 0 spiro atoms. The molecule has 22 heavy (non-hydrogen) atoms. The molecular formula is C18H16N2O2. The lowest BCUT2D eigenvalue weighted by atomic mass is 10.2. The molecular weight excluding hydrogens is 276 g/mol. The first-order valence-electron chi connectivity index (χ1n) is 7.24. The molecule has 0 saturated heterocycles. The van der Waals surface area contributed by atoms with Crippen LogP contribution in [-0.2, 0) is 13.2 Å². The third-order valence-corrected chi connectivity index (χ3v) is 4.12. The largest absolute Gasteiger partial charge is 0.392 e. The number of fused-ring (bicyclic) bond motifs is 2. The van der Waals surface area contributed by atoms with Gasteiger partial charge in [0.05, 0.1) is 24.2 Å². The van der Waals surface area contributed by atoms with Crippen LogP contribution in [0.4, 0.5) is 0 Å². The molecule has 0 radical (unpaired) electrons. The molecule has 4 nitrogen and oxygen atoms in total. The Labute approximate surface area is 127 Å². The predicted molar refractivity (Wildman–Crippen MR) is 86.5 cm³/mol. The number of para-hydroxylation sites is 2.